The van der Waals surface area contributed by atoms with Crippen LogP contribution >= 0.6 is 11.3 Å². The molecule has 0 bridgehead atoms. The van der Waals surface area contributed by atoms with Gasteiger partial charge in [0.05, 0.1) is 16.9 Å². The Labute approximate surface area is 162 Å². The molecule has 1 aromatic carbocycles. The average molecular weight is 382 g/mol. The minimum Gasteiger partial charge on any atom is -0.316 e. The van der Waals surface area contributed by atoms with Crippen molar-refractivity contribution in [3.63, 3.8) is 0 Å². The molecule has 0 radical (unpaired) electrons. The van der Waals surface area contributed by atoms with Gasteiger partial charge in [0.15, 0.2) is 0 Å². The van der Waals surface area contributed by atoms with Crippen LogP contribution in [-0.2, 0) is 19.9 Å². The molecule has 2 heterocycles. The molecule has 0 saturated carbocycles. The molecule has 1 aliphatic carbocycles. The molecule has 0 aliphatic heterocycles. The van der Waals surface area contributed by atoms with Gasteiger partial charge in [0, 0.05) is 17.3 Å². The van der Waals surface area contributed by atoms with E-state index in [1.54, 1.807) is 20.7 Å². The van der Waals surface area contributed by atoms with Crippen molar-refractivity contribution >= 4 is 22.9 Å². The second-order valence-electron chi connectivity index (χ2n) is 7.29. The number of amides is 1. The Bertz CT molecular complexity index is 1060. The van der Waals surface area contributed by atoms with Gasteiger partial charge in [0.25, 0.3) is 11.5 Å². The van der Waals surface area contributed by atoms with Crippen molar-refractivity contribution in [1.29, 1.82) is 0 Å². The number of carbonyl (C=O) groups is 1. The molecule has 1 amide bonds. The van der Waals surface area contributed by atoms with E-state index in [0.29, 0.717) is 11.6 Å². The second kappa shape index (κ2) is 6.85. The van der Waals surface area contributed by atoms with Crippen molar-refractivity contribution < 1.29 is 4.79 Å². The number of fused-ring (bicyclic) bond motifs is 1. The van der Waals surface area contributed by atoms with E-state index in [4.69, 9.17) is 0 Å². The number of nitrogens with one attached hydrogen (secondary N) is 1. The van der Waals surface area contributed by atoms with Crippen LogP contribution in [0.1, 0.15) is 39.8 Å². The van der Waals surface area contributed by atoms with Gasteiger partial charge in [-0.15, -0.1) is 11.3 Å². The molecular formula is C21H23N3O2S. The van der Waals surface area contributed by atoms with E-state index in [1.807, 2.05) is 49.7 Å². The maximum absolute atomic E-state index is 13.0. The number of thiophene rings is 1. The Morgan fingerprint density at radius 1 is 1.26 bits per heavy atom. The van der Waals surface area contributed by atoms with Gasteiger partial charge in [-0.05, 0) is 49.8 Å². The van der Waals surface area contributed by atoms with Crippen molar-refractivity contribution in [3.05, 3.63) is 67.8 Å². The highest BCUT2D eigenvalue weighted by Crippen LogP contribution is 2.33. The summed E-state index contributed by atoms with van der Waals surface area (Å²) in [6, 6.07) is 9.45. The number of benzene rings is 1. The topological polar surface area (TPSA) is 56.0 Å². The molecule has 0 fully saturated rings. The number of anilines is 1. The number of hydrogen-bond acceptors (Lipinski definition) is 3. The fraction of sp³-hybridized carbons (Fsp3) is 0.333. The molecular weight excluding hydrogens is 358 g/mol. The molecule has 140 valence electrons. The maximum Gasteiger partial charge on any atom is 0.295 e. The Kier molecular flexibility index (Phi) is 4.52. The predicted octanol–water partition coefficient (Wildman–Crippen LogP) is 3.92. The zero-order valence-electron chi connectivity index (χ0n) is 15.8. The summed E-state index contributed by atoms with van der Waals surface area (Å²) < 4.78 is 3.35. The van der Waals surface area contributed by atoms with Gasteiger partial charge in [-0.1, -0.05) is 25.1 Å². The lowest BCUT2D eigenvalue weighted by atomic mass is 9.88. The van der Waals surface area contributed by atoms with E-state index < -0.39 is 0 Å². The summed E-state index contributed by atoms with van der Waals surface area (Å²) in [5.41, 5.74) is 3.51. The lowest BCUT2D eigenvalue weighted by molar-refractivity contribution is 0.102. The molecule has 4 rings (SSSR count). The van der Waals surface area contributed by atoms with Gasteiger partial charge in [0.1, 0.15) is 5.69 Å². The molecule has 2 aromatic heterocycles. The fourth-order valence-electron chi connectivity index (χ4n) is 3.76. The van der Waals surface area contributed by atoms with Crippen molar-refractivity contribution in [3.8, 4) is 5.69 Å². The van der Waals surface area contributed by atoms with Crippen LogP contribution in [0.2, 0.25) is 0 Å². The highest BCUT2D eigenvalue weighted by molar-refractivity contribution is 7.10. The molecule has 1 aliphatic rings. The van der Waals surface area contributed by atoms with Crippen LogP contribution in [0.3, 0.4) is 0 Å². The third-order valence-electron chi connectivity index (χ3n) is 5.44. The van der Waals surface area contributed by atoms with Gasteiger partial charge < -0.3 is 5.32 Å². The Hall–Kier alpha value is -2.60. The van der Waals surface area contributed by atoms with Crippen LogP contribution in [-0.4, -0.2) is 15.3 Å². The van der Waals surface area contributed by atoms with E-state index in [2.05, 4.69) is 12.2 Å². The first-order valence-corrected chi connectivity index (χ1v) is 10.1. The number of hydrogen-bond donors (Lipinski definition) is 1. The van der Waals surface area contributed by atoms with Gasteiger partial charge in [-0.2, -0.15) is 0 Å². The van der Waals surface area contributed by atoms with Gasteiger partial charge in [-0.3, -0.25) is 14.3 Å². The third kappa shape index (κ3) is 3.04. The smallest absolute Gasteiger partial charge is 0.295 e. The Balaban J connectivity index is 1.68. The molecule has 1 atom stereocenters. The summed E-state index contributed by atoms with van der Waals surface area (Å²) in [5.74, 6) is 0.481. The molecule has 0 spiro atoms. The minimum atomic E-state index is -0.215. The average Bonchev–Trinajstić information content (AvgIpc) is 3.17. The largest absolute Gasteiger partial charge is 0.316 e. The van der Waals surface area contributed by atoms with Gasteiger partial charge in [-0.25, -0.2) is 4.68 Å². The summed E-state index contributed by atoms with van der Waals surface area (Å²) in [6.07, 6.45) is 3.08. The van der Waals surface area contributed by atoms with Crippen molar-refractivity contribution in [2.24, 2.45) is 13.0 Å². The monoisotopic (exact) mass is 381 g/mol. The molecule has 1 unspecified atom stereocenters. The first kappa shape index (κ1) is 17.8. The minimum absolute atomic E-state index is 0.187. The standard InChI is InChI=1S/C21H23N3O2S/c1-13-9-10-16-17(12-27-18(16)11-13)20(25)22-19-14(2)23(3)24(21(19)26)15-7-5-4-6-8-15/h4-8,12-13H,9-11H2,1-3H3,(H,22,25). The molecule has 6 heteroatoms. The van der Waals surface area contributed by atoms with E-state index in [-0.39, 0.29) is 11.5 Å². The summed E-state index contributed by atoms with van der Waals surface area (Å²) in [5, 5.41) is 4.82. The van der Waals surface area contributed by atoms with Crippen LogP contribution < -0.4 is 10.9 Å². The number of rotatable bonds is 3. The maximum atomic E-state index is 13.0. The Morgan fingerprint density at radius 3 is 2.74 bits per heavy atom. The number of para-hydroxylation sites is 1. The summed E-state index contributed by atoms with van der Waals surface area (Å²) in [7, 11) is 1.83. The molecule has 1 N–H and O–H groups in total. The van der Waals surface area contributed by atoms with Crippen molar-refractivity contribution in [2.75, 3.05) is 5.32 Å². The second-order valence-corrected chi connectivity index (χ2v) is 8.25. The normalized spacial score (nSPS) is 16.2. The highest BCUT2D eigenvalue weighted by atomic mass is 32.1. The van der Waals surface area contributed by atoms with Crippen molar-refractivity contribution in [1.82, 2.24) is 9.36 Å². The first-order valence-electron chi connectivity index (χ1n) is 9.22. The van der Waals surface area contributed by atoms with Gasteiger partial charge >= 0.3 is 0 Å². The van der Waals surface area contributed by atoms with E-state index in [0.717, 1.165) is 41.8 Å². The fourth-order valence-corrected chi connectivity index (χ4v) is 5.01. The predicted molar refractivity (Wildman–Crippen MR) is 109 cm³/mol. The summed E-state index contributed by atoms with van der Waals surface area (Å²) >= 11 is 1.66. The van der Waals surface area contributed by atoms with Crippen LogP contribution in [0.25, 0.3) is 5.69 Å². The van der Waals surface area contributed by atoms with E-state index >= 15 is 0 Å². The molecule has 3 aromatic rings. The van der Waals surface area contributed by atoms with E-state index in [1.165, 1.54) is 4.88 Å². The van der Waals surface area contributed by atoms with Crippen LogP contribution in [0.4, 0.5) is 5.69 Å². The Morgan fingerprint density at radius 2 is 2.00 bits per heavy atom. The lowest BCUT2D eigenvalue weighted by Crippen LogP contribution is -2.23. The van der Waals surface area contributed by atoms with E-state index in [9.17, 15) is 9.59 Å². The van der Waals surface area contributed by atoms with Crippen LogP contribution in [0, 0.1) is 12.8 Å². The molecule has 27 heavy (non-hydrogen) atoms. The quantitative estimate of drug-likeness (QED) is 0.747. The number of aromatic nitrogens is 2. The first-order chi connectivity index (χ1) is 13.0. The SMILES string of the molecule is Cc1c(NC(=O)c2csc3c2CCC(C)C3)c(=O)n(-c2ccccc2)n1C. The zero-order valence-corrected chi connectivity index (χ0v) is 16.6. The van der Waals surface area contributed by atoms with Crippen molar-refractivity contribution in [2.45, 2.75) is 33.1 Å². The lowest BCUT2D eigenvalue weighted by Gasteiger charge is -2.18. The summed E-state index contributed by atoms with van der Waals surface area (Å²) in [6.45, 7) is 4.10. The number of carbonyl (C=O) groups excluding carboxylic acids is 1. The molecule has 0 saturated heterocycles. The van der Waals surface area contributed by atoms with Crippen LogP contribution in [0.15, 0.2) is 40.5 Å². The zero-order chi connectivity index (χ0) is 19.1. The third-order valence-corrected chi connectivity index (χ3v) is 6.49. The molecule has 5 nitrogen and oxygen atoms in total. The number of nitrogens with zero attached hydrogens (tertiary/aromatic N) is 2. The summed E-state index contributed by atoms with van der Waals surface area (Å²) in [4.78, 5) is 27.2. The van der Waals surface area contributed by atoms with Gasteiger partial charge in [0.2, 0.25) is 0 Å². The van der Waals surface area contributed by atoms with Crippen LogP contribution in [0.5, 0.6) is 0 Å². The highest BCUT2D eigenvalue weighted by Gasteiger charge is 2.25.